The van der Waals surface area contributed by atoms with Gasteiger partial charge in [0.2, 0.25) is 0 Å². The van der Waals surface area contributed by atoms with Crippen molar-refractivity contribution < 1.29 is 14.6 Å². The largest absolute Gasteiger partial charge is 0.493 e. The molecule has 0 saturated heterocycles. The molecule has 0 amide bonds. The van der Waals surface area contributed by atoms with Crippen LogP contribution in [0.3, 0.4) is 0 Å². The van der Waals surface area contributed by atoms with E-state index < -0.39 is 0 Å². The standard InChI is InChI=1S/C19H22ClNO3/c1-23-19-10-13(2-7-18(19)24-9-8-22)12-21-17-6-3-14-11-15(20)4-5-16(14)17/h2,4-5,7,10-11,17,21-22H,3,6,8-9,12H2,1H3. The maximum Gasteiger partial charge on any atom is 0.161 e. The van der Waals surface area contributed by atoms with E-state index in [-0.39, 0.29) is 13.2 Å². The molecule has 0 aliphatic heterocycles. The van der Waals surface area contributed by atoms with Crippen molar-refractivity contribution in [2.75, 3.05) is 20.3 Å². The first-order chi connectivity index (χ1) is 11.7. The van der Waals surface area contributed by atoms with Gasteiger partial charge in [-0.1, -0.05) is 23.7 Å². The molecular formula is C19H22ClNO3. The third-order valence-corrected chi connectivity index (χ3v) is 4.55. The molecule has 0 spiro atoms. The molecule has 0 saturated carbocycles. The molecule has 2 aromatic rings. The second-order valence-corrected chi connectivity index (χ2v) is 6.31. The van der Waals surface area contributed by atoms with Crippen molar-refractivity contribution in [1.29, 1.82) is 0 Å². The molecule has 0 bridgehead atoms. The lowest BCUT2D eigenvalue weighted by Crippen LogP contribution is -2.18. The highest BCUT2D eigenvalue weighted by molar-refractivity contribution is 6.30. The number of halogens is 1. The highest BCUT2D eigenvalue weighted by Gasteiger charge is 2.22. The number of fused-ring (bicyclic) bond motifs is 1. The molecule has 1 unspecified atom stereocenters. The first kappa shape index (κ1) is 17.1. The van der Waals surface area contributed by atoms with Crippen molar-refractivity contribution in [3.8, 4) is 11.5 Å². The predicted molar refractivity (Wildman–Crippen MR) is 94.9 cm³/mol. The first-order valence-corrected chi connectivity index (χ1v) is 8.51. The summed E-state index contributed by atoms with van der Waals surface area (Å²) in [5.74, 6) is 1.33. The Balaban J connectivity index is 1.65. The van der Waals surface area contributed by atoms with Crippen LogP contribution in [-0.4, -0.2) is 25.4 Å². The Labute approximate surface area is 147 Å². The van der Waals surface area contributed by atoms with E-state index in [9.17, 15) is 0 Å². The second-order valence-electron chi connectivity index (χ2n) is 5.87. The SMILES string of the molecule is COc1cc(CNC2CCc3cc(Cl)ccc32)ccc1OCCO. The van der Waals surface area contributed by atoms with Crippen molar-refractivity contribution in [2.45, 2.75) is 25.4 Å². The molecule has 3 rings (SSSR count). The van der Waals surface area contributed by atoms with Crippen LogP contribution in [0.5, 0.6) is 11.5 Å². The van der Waals surface area contributed by atoms with Crippen LogP contribution in [0.25, 0.3) is 0 Å². The summed E-state index contributed by atoms with van der Waals surface area (Å²) in [6, 6.07) is 12.4. The summed E-state index contributed by atoms with van der Waals surface area (Å²) in [7, 11) is 1.62. The molecule has 2 N–H and O–H groups in total. The topological polar surface area (TPSA) is 50.7 Å². The predicted octanol–water partition coefficient (Wildman–Crippen LogP) is 3.50. The molecule has 1 atom stereocenters. The molecule has 4 nitrogen and oxygen atoms in total. The molecule has 0 fully saturated rings. The first-order valence-electron chi connectivity index (χ1n) is 8.13. The monoisotopic (exact) mass is 347 g/mol. The second kappa shape index (κ2) is 7.88. The highest BCUT2D eigenvalue weighted by atomic mass is 35.5. The average molecular weight is 348 g/mol. The van der Waals surface area contributed by atoms with E-state index in [0.29, 0.717) is 17.5 Å². The molecule has 0 heterocycles. The number of aliphatic hydroxyl groups excluding tert-OH is 1. The molecule has 0 aromatic heterocycles. The van der Waals surface area contributed by atoms with E-state index in [0.717, 1.165) is 30.0 Å². The van der Waals surface area contributed by atoms with Gasteiger partial charge in [-0.3, -0.25) is 0 Å². The fourth-order valence-electron chi connectivity index (χ4n) is 3.14. The number of aliphatic hydroxyl groups is 1. The number of nitrogens with one attached hydrogen (secondary N) is 1. The van der Waals surface area contributed by atoms with Gasteiger partial charge < -0.3 is 19.9 Å². The van der Waals surface area contributed by atoms with Crippen LogP contribution in [0.4, 0.5) is 0 Å². The molecule has 1 aliphatic carbocycles. The maximum absolute atomic E-state index is 8.86. The number of methoxy groups -OCH3 is 1. The molecule has 1 aliphatic rings. The lowest BCUT2D eigenvalue weighted by molar-refractivity contribution is 0.196. The highest BCUT2D eigenvalue weighted by Crippen LogP contribution is 2.33. The third-order valence-electron chi connectivity index (χ3n) is 4.31. The summed E-state index contributed by atoms with van der Waals surface area (Å²) in [4.78, 5) is 0. The fourth-order valence-corrected chi connectivity index (χ4v) is 3.33. The number of hydrogen-bond acceptors (Lipinski definition) is 4. The molecule has 24 heavy (non-hydrogen) atoms. The van der Waals surface area contributed by atoms with E-state index in [1.165, 1.54) is 11.1 Å². The number of ether oxygens (including phenoxy) is 2. The quantitative estimate of drug-likeness (QED) is 0.805. The zero-order valence-electron chi connectivity index (χ0n) is 13.7. The van der Waals surface area contributed by atoms with Crippen LogP contribution in [0.15, 0.2) is 36.4 Å². The number of rotatable bonds is 7. The lowest BCUT2D eigenvalue weighted by atomic mass is 10.1. The Kier molecular flexibility index (Phi) is 5.61. The van der Waals surface area contributed by atoms with E-state index in [4.69, 9.17) is 26.2 Å². The van der Waals surface area contributed by atoms with E-state index in [1.807, 2.05) is 24.3 Å². The van der Waals surface area contributed by atoms with Gasteiger partial charge in [0.15, 0.2) is 11.5 Å². The van der Waals surface area contributed by atoms with Crippen LogP contribution in [-0.2, 0) is 13.0 Å². The average Bonchev–Trinajstić information content (AvgIpc) is 3.00. The van der Waals surface area contributed by atoms with Crippen molar-refractivity contribution in [2.24, 2.45) is 0 Å². The minimum absolute atomic E-state index is 0.0163. The molecule has 0 radical (unpaired) electrons. The fraction of sp³-hybridized carbons (Fsp3) is 0.368. The van der Waals surface area contributed by atoms with Gasteiger partial charge >= 0.3 is 0 Å². The van der Waals surface area contributed by atoms with Crippen molar-refractivity contribution in [3.63, 3.8) is 0 Å². The maximum atomic E-state index is 8.86. The molecule has 5 heteroatoms. The Morgan fingerprint density at radius 3 is 2.88 bits per heavy atom. The van der Waals surface area contributed by atoms with Gasteiger partial charge in [-0.2, -0.15) is 0 Å². The summed E-state index contributed by atoms with van der Waals surface area (Å²) in [6.07, 6.45) is 2.15. The summed E-state index contributed by atoms with van der Waals surface area (Å²) < 4.78 is 10.8. The van der Waals surface area contributed by atoms with Gasteiger partial charge in [-0.05, 0) is 53.8 Å². The van der Waals surface area contributed by atoms with Gasteiger partial charge in [0.25, 0.3) is 0 Å². The molecule has 2 aromatic carbocycles. The minimum atomic E-state index is -0.0163. The summed E-state index contributed by atoms with van der Waals surface area (Å²) >= 11 is 6.07. The van der Waals surface area contributed by atoms with Gasteiger partial charge in [-0.25, -0.2) is 0 Å². The van der Waals surface area contributed by atoms with E-state index in [2.05, 4.69) is 17.4 Å². The Morgan fingerprint density at radius 2 is 2.08 bits per heavy atom. The summed E-state index contributed by atoms with van der Waals surface area (Å²) in [5.41, 5.74) is 3.81. The van der Waals surface area contributed by atoms with Crippen molar-refractivity contribution in [1.82, 2.24) is 5.32 Å². The van der Waals surface area contributed by atoms with Gasteiger partial charge in [0.05, 0.1) is 13.7 Å². The Bertz CT molecular complexity index is 705. The smallest absolute Gasteiger partial charge is 0.161 e. The Morgan fingerprint density at radius 1 is 1.21 bits per heavy atom. The van der Waals surface area contributed by atoms with E-state index in [1.54, 1.807) is 7.11 Å². The van der Waals surface area contributed by atoms with Gasteiger partial charge in [-0.15, -0.1) is 0 Å². The van der Waals surface area contributed by atoms with Crippen molar-refractivity contribution >= 4 is 11.6 Å². The van der Waals surface area contributed by atoms with E-state index >= 15 is 0 Å². The zero-order valence-corrected chi connectivity index (χ0v) is 14.5. The minimum Gasteiger partial charge on any atom is -0.493 e. The summed E-state index contributed by atoms with van der Waals surface area (Å²) in [5, 5.41) is 13.3. The third kappa shape index (κ3) is 3.83. The molecule has 128 valence electrons. The van der Waals surface area contributed by atoms with Crippen molar-refractivity contribution in [3.05, 3.63) is 58.1 Å². The van der Waals surface area contributed by atoms with Crippen LogP contribution in [0, 0.1) is 0 Å². The summed E-state index contributed by atoms with van der Waals surface area (Å²) in [6.45, 7) is 0.996. The van der Waals surface area contributed by atoms with Crippen LogP contribution in [0.1, 0.15) is 29.2 Å². The lowest BCUT2D eigenvalue weighted by Gasteiger charge is -2.16. The normalized spacial score (nSPS) is 16.0. The zero-order chi connectivity index (χ0) is 16.9. The van der Waals surface area contributed by atoms with Crippen LogP contribution < -0.4 is 14.8 Å². The Hall–Kier alpha value is -1.75. The van der Waals surface area contributed by atoms with Gasteiger partial charge in [0, 0.05) is 17.6 Å². The number of hydrogen-bond donors (Lipinski definition) is 2. The van der Waals surface area contributed by atoms with Crippen LogP contribution >= 0.6 is 11.6 Å². The number of benzene rings is 2. The van der Waals surface area contributed by atoms with Gasteiger partial charge in [0.1, 0.15) is 6.61 Å². The number of aryl methyl sites for hydroxylation is 1. The van der Waals surface area contributed by atoms with Crippen LogP contribution in [0.2, 0.25) is 5.02 Å². The molecular weight excluding hydrogens is 326 g/mol.